The zero-order valence-corrected chi connectivity index (χ0v) is 25.9. The number of benzene rings is 2. The summed E-state index contributed by atoms with van der Waals surface area (Å²) < 4.78 is 12.0. The largest absolute Gasteiger partial charge is 0.659 e. The Labute approximate surface area is 257 Å². The molecule has 1 radical (unpaired) electrons. The van der Waals surface area contributed by atoms with E-state index >= 15 is 0 Å². The van der Waals surface area contributed by atoms with Gasteiger partial charge in [0.05, 0.1) is 0 Å². The zero-order chi connectivity index (χ0) is 27.4. The maximum atomic E-state index is 12.2. The predicted octanol–water partition coefficient (Wildman–Crippen LogP) is 7.66. The van der Waals surface area contributed by atoms with Gasteiger partial charge >= 0.3 is 0 Å². The Morgan fingerprint density at radius 1 is 1.05 bits per heavy atom. The minimum absolute atomic E-state index is 0. The molecule has 7 heteroatoms. The molecule has 205 valence electrons. The van der Waals surface area contributed by atoms with Crippen molar-refractivity contribution >= 4 is 5.78 Å². The second-order valence-corrected chi connectivity index (χ2v) is 8.38. The van der Waals surface area contributed by atoms with E-state index in [0.29, 0.717) is 30.3 Å². The van der Waals surface area contributed by atoms with Gasteiger partial charge in [-0.2, -0.15) is 7.05 Å². The first kappa shape index (κ1) is 34.4. The third kappa shape index (κ3) is 13.8. The number of rotatable bonds is 13. The molecule has 0 spiro atoms. The molecule has 0 atom stereocenters. The molecule has 0 heterocycles. The molecule has 0 bridgehead atoms. The van der Waals surface area contributed by atoms with Crippen LogP contribution >= 0.6 is 0 Å². The fourth-order valence-electron chi connectivity index (χ4n) is 3.34. The van der Waals surface area contributed by atoms with Crippen LogP contribution < -0.4 is 9.47 Å². The number of ether oxygens (including phenoxy) is 2. The third-order valence-corrected chi connectivity index (χ3v) is 5.42. The summed E-state index contributed by atoms with van der Waals surface area (Å²) in [4.78, 5) is 16.2. The topological polar surface area (TPSA) is 79.1 Å². The van der Waals surface area contributed by atoms with Crippen molar-refractivity contribution in [2.24, 2.45) is 0 Å². The summed E-state index contributed by atoms with van der Waals surface area (Å²) in [7, 11) is 1.63. The van der Waals surface area contributed by atoms with Crippen molar-refractivity contribution in [3.05, 3.63) is 125 Å². The van der Waals surface area contributed by atoms with Crippen LogP contribution in [0.5, 0.6) is 11.5 Å². The molecule has 3 rings (SSSR count). The van der Waals surface area contributed by atoms with E-state index in [2.05, 4.69) is 35.4 Å². The number of hydrogen-bond acceptors (Lipinski definition) is 5. The van der Waals surface area contributed by atoms with Crippen molar-refractivity contribution in [2.45, 2.75) is 33.3 Å². The van der Waals surface area contributed by atoms with Crippen LogP contribution in [-0.2, 0) is 44.2 Å². The number of Topliss-reactive ketones (excluding diaryl/α,β-unsaturated/α-hetero) is 1. The maximum Gasteiger partial charge on any atom is 0.162 e. The van der Waals surface area contributed by atoms with Gasteiger partial charge in [0.2, 0.25) is 0 Å². The van der Waals surface area contributed by atoms with Gasteiger partial charge < -0.3 is 14.8 Å². The first-order valence-electron chi connectivity index (χ1n) is 12.7. The number of hydrogen-bond donors (Lipinski definition) is 1. The van der Waals surface area contributed by atoms with Gasteiger partial charge in [-0.3, -0.25) is 10.1 Å². The number of allylic oxidation sites excluding steroid dienone is 6. The fraction of sp³-hybridized carbons (Fsp3) is 0.281. The molecule has 0 saturated heterocycles. The second kappa shape index (κ2) is 21.2. The van der Waals surface area contributed by atoms with E-state index in [1.165, 1.54) is 0 Å². The second-order valence-electron chi connectivity index (χ2n) is 8.38. The van der Waals surface area contributed by atoms with Gasteiger partial charge in [0.15, 0.2) is 11.5 Å². The SMILES string of the molecule is C/C=C(\C=C/CC)COO.C[N-]CC(=O)c1ccc(OCc2ccccc2)c(OCC2=CC=CCC=C2)c1.[Y]. The molecule has 6 nitrogen and oxygen atoms in total. The summed E-state index contributed by atoms with van der Waals surface area (Å²) in [5, 5.41) is 12.0. The van der Waals surface area contributed by atoms with Crippen molar-refractivity contribution in [3.8, 4) is 11.5 Å². The molecule has 0 saturated carbocycles. The van der Waals surface area contributed by atoms with E-state index in [0.717, 1.165) is 29.6 Å². The Kier molecular flexibility index (Phi) is 18.8. The molecule has 1 aliphatic carbocycles. The van der Waals surface area contributed by atoms with Crippen LogP contribution in [0, 0.1) is 0 Å². The normalized spacial score (nSPS) is 12.6. The van der Waals surface area contributed by atoms with E-state index in [-0.39, 0.29) is 51.6 Å². The van der Waals surface area contributed by atoms with E-state index in [4.69, 9.17) is 14.7 Å². The van der Waals surface area contributed by atoms with Gasteiger partial charge in [-0.05, 0) is 54.7 Å². The smallest absolute Gasteiger partial charge is 0.162 e. The predicted molar refractivity (Wildman–Crippen MR) is 154 cm³/mol. The number of carbonyl (C=O) groups excluding carboxylic acids is 1. The maximum absolute atomic E-state index is 12.2. The van der Waals surface area contributed by atoms with Gasteiger partial charge in [0.25, 0.3) is 0 Å². The molecule has 39 heavy (non-hydrogen) atoms. The third-order valence-electron chi connectivity index (χ3n) is 5.42. The van der Waals surface area contributed by atoms with Crippen molar-refractivity contribution in [1.29, 1.82) is 0 Å². The summed E-state index contributed by atoms with van der Waals surface area (Å²) >= 11 is 0. The average molecular weight is 606 g/mol. The summed E-state index contributed by atoms with van der Waals surface area (Å²) in [5.74, 6) is 1.13. The molecule has 0 amide bonds. The van der Waals surface area contributed by atoms with Gasteiger partial charge in [0.1, 0.15) is 25.6 Å². The van der Waals surface area contributed by atoms with Crippen molar-refractivity contribution < 1.29 is 57.1 Å². The van der Waals surface area contributed by atoms with Crippen LogP contribution in [0.1, 0.15) is 42.6 Å². The standard InChI is InChI=1S/C24H24NO3.C8H14O2.Y/c1-25-16-22(26)21-13-14-23(27-17-19-11-7-4-8-12-19)24(15-21)28-18-20-9-5-2-3-6-10-20;1-3-5-6-8(4-2)7-10-9;/h2,4-15H,3,16-18H2,1H3;4-6,9H,3,7H2,1-2H3;/q-1;;/b;6-5-,8-4+;. The van der Waals surface area contributed by atoms with Crippen LogP contribution in [0.25, 0.3) is 5.32 Å². The number of carbonyl (C=O) groups is 1. The summed E-state index contributed by atoms with van der Waals surface area (Å²) in [6.45, 7) is 5.23. The van der Waals surface area contributed by atoms with Crippen LogP contribution in [-0.4, -0.2) is 37.8 Å². The van der Waals surface area contributed by atoms with E-state index in [1.54, 1.807) is 25.2 Å². The average Bonchev–Trinajstić information content (AvgIpc) is 3.23. The summed E-state index contributed by atoms with van der Waals surface area (Å²) in [6, 6.07) is 15.2. The molecule has 2 aromatic carbocycles. The van der Waals surface area contributed by atoms with Gasteiger partial charge in [-0.1, -0.05) is 92.4 Å². The molecule has 1 N–H and O–H groups in total. The molecular formula is C32H38NO5Y-. The minimum Gasteiger partial charge on any atom is -0.659 e. The number of nitrogens with zero attached hydrogens (tertiary/aromatic N) is 1. The molecule has 0 aliphatic heterocycles. The number of ketones is 1. The van der Waals surface area contributed by atoms with Crippen molar-refractivity contribution in [1.82, 2.24) is 0 Å². The van der Waals surface area contributed by atoms with E-state index < -0.39 is 0 Å². The Morgan fingerprint density at radius 2 is 1.82 bits per heavy atom. The Balaban J connectivity index is 0.000000592. The van der Waals surface area contributed by atoms with Crippen molar-refractivity contribution in [3.63, 3.8) is 0 Å². The Morgan fingerprint density at radius 3 is 2.51 bits per heavy atom. The zero-order valence-electron chi connectivity index (χ0n) is 23.1. The monoisotopic (exact) mass is 605 g/mol. The first-order valence-corrected chi connectivity index (χ1v) is 12.7. The molecule has 0 unspecified atom stereocenters. The molecule has 2 aromatic rings. The van der Waals surface area contributed by atoms with Crippen LogP contribution in [0.4, 0.5) is 0 Å². The summed E-state index contributed by atoms with van der Waals surface area (Å²) in [6.07, 6.45) is 18.1. The molecular weight excluding hydrogens is 567 g/mol. The number of likely N-dealkylation sites (N-methyl/N-ethyl adjacent to an activating group) is 1. The van der Waals surface area contributed by atoms with Gasteiger partial charge in [-0.15, -0.1) is 0 Å². The van der Waals surface area contributed by atoms with Gasteiger partial charge in [0, 0.05) is 38.3 Å². The van der Waals surface area contributed by atoms with Gasteiger partial charge in [-0.25, -0.2) is 4.89 Å². The van der Waals surface area contributed by atoms with Crippen LogP contribution in [0.15, 0.2) is 108 Å². The van der Waals surface area contributed by atoms with E-state index in [9.17, 15) is 4.79 Å². The molecule has 0 fully saturated rings. The Hall–Kier alpha value is -2.61. The first-order chi connectivity index (χ1) is 18.6. The van der Waals surface area contributed by atoms with E-state index in [1.807, 2.05) is 67.6 Å². The minimum atomic E-state index is -0.0431. The van der Waals surface area contributed by atoms with Crippen LogP contribution in [0.3, 0.4) is 0 Å². The molecule has 0 aromatic heterocycles. The van der Waals surface area contributed by atoms with Crippen LogP contribution in [0.2, 0.25) is 0 Å². The van der Waals surface area contributed by atoms with Crippen molar-refractivity contribution in [2.75, 3.05) is 26.8 Å². The quantitative estimate of drug-likeness (QED) is 0.110. The Bertz CT molecular complexity index is 1140. The summed E-state index contributed by atoms with van der Waals surface area (Å²) in [5.41, 5.74) is 3.68. The molecule has 1 aliphatic rings. The fourth-order valence-corrected chi connectivity index (χ4v) is 3.34.